The molecule has 186 valence electrons. The summed E-state index contributed by atoms with van der Waals surface area (Å²) in [6.07, 6.45) is 1.58. The molecule has 5 rings (SSSR count). The molecule has 0 aliphatic heterocycles. The topological polar surface area (TPSA) is 99.9 Å². The molecule has 0 fully saturated rings. The summed E-state index contributed by atoms with van der Waals surface area (Å²) in [6.45, 7) is 1.81. The average molecular weight is 500 g/mol. The highest BCUT2D eigenvalue weighted by atomic mass is 19.1. The number of benzene rings is 2. The summed E-state index contributed by atoms with van der Waals surface area (Å²) in [6, 6.07) is 18.0. The van der Waals surface area contributed by atoms with Crippen molar-refractivity contribution in [2.75, 3.05) is 19.5 Å². The van der Waals surface area contributed by atoms with Crippen molar-refractivity contribution < 1.29 is 23.4 Å². The highest BCUT2D eigenvalue weighted by Crippen LogP contribution is 2.32. The van der Waals surface area contributed by atoms with Crippen LogP contribution >= 0.6 is 0 Å². The van der Waals surface area contributed by atoms with E-state index in [-0.39, 0.29) is 17.1 Å². The molecule has 1 amide bonds. The Morgan fingerprint density at radius 3 is 2.51 bits per heavy atom. The second kappa shape index (κ2) is 9.94. The number of nitrogens with one attached hydrogen (secondary N) is 1. The van der Waals surface area contributed by atoms with Gasteiger partial charge in [0.2, 0.25) is 5.88 Å². The van der Waals surface area contributed by atoms with Gasteiger partial charge in [0.25, 0.3) is 5.91 Å². The summed E-state index contributed by atoms with van der Waals surface area (Å²) < 4.78 is 32.7. The first-order valence-corrected chi connectivity index (χ1v) is 11.2. The molecule has 0 unspecified atom stereocenters. The van der Waals surface area contributed by atoms with Crippen LogP contribution in [-0.4, -0.2) is 39.7 Å². The van der Waals surface area contributed by atoms with Gasteiger partial charge in [-0.15, -0.1) is 0 Å². The van der Waals surface area contributed by atoms with Crippen LogP contribution in [0.25, 0.3) is 16.9 Å². The molecule has 0 radical (unpaired) electrons. The Balaban J connectivity index is 1.34. The molecule has 3 aromatic heterocycles. The molecule has 9 nitrogen and oxygen atoms in total. The number of carbonyl (C=O) groups excluding carboxylic acids is 1. The number of fused-ring (bicyclic) bond motifs is 1. The molecule has 0 spiro atoms. The van der Waals surface area contributed by atoms with Gasteiger partial charge in [0.05, 0.1) is 26.1 Å². The third-order valence-corrected chi connectivity index (χ3v) is 5.52. The van der Waals surface area contributed by atoms with E-state index in [0.29, 0.717) is 34.4 Å². The van der Waals surface area contributed by atoms with Gasteiger partial charge in [-0.2, -0.15) is 9.61 Å². The van der Waals surface area contributed by atoms with Gasteiger partial charge in [0.15, 0.2) is 28.7 Å². The lowest BCUT2D eigenvalue weighted by Gasteiger charge is -2.11. The molecule has 5 aromatic rings. The fraction of sp³-hybridized carbons (Fsp3) is 0.111. The number of methoxy groups -OCH3 is 2. The average Bonchev–Trinajstić information content (AvgIpc) is 3.38. The van der Waals surface area contributed by atoms with E-state index in [9.17, 15) is 9.18 Å². The molecular weight excluding hydrogens is 477 g/mol. The van der Waals surface area contributed by atoms with Crippen molar-refractivity contribution in [3.05, 3.63) is 90.1 Å². The normalized spacial score (nSPS) is 10.8. The van der Waals surface area contributed by atoms with Crippen LogP contribution in [0.5, 0.6) is 23.1 Å². The van der Waals surface area contributed by atoms with Crippen molar-refractivity contribution in [1.82, 2.24) is 19.6 Å². The molecule has 0 saturated heterocycles. The van der Waals surface area contributed by atoms with Gasteiger partial charge in [0, 0.05) is 35.1 Å². The Hall–Kier alpha value is -4.99. The number of pyridine rings is 1. The van der Waals surface area contributed by atoms with Crippen LogP contribution in [0.1, 0.15) is 16.2 Å². The zero-order valence-corrected chi connectivity index (χ0v) is 20.2. The van der Waals surface area contributed by atoms with E-state index in [4.69, 9.17) is 14.2 Å². The number of rotatable bonds is 7. The van der Waals surface area contributed by atoms with E-state index in [2.05, 4.69) is 20.4 Å². The molecule has 0 bridgehead atoms. The monoisotopic (exact) mass is 499 g/mol. The zero-order valence-electron chi connectivity index (χ0n) is 20.2. The van der Waals surface area contributed by atoms with E-state index in [1.54, 1.807) is 68.9 Å². The second-order valence-corrected chi connectivity index (χ2v) is 8.02. The van der Waals surface area contributed by atoms with Crippen molar-refractivity contribution >= 4 is 17.2 Å². The first-order chi connectivity index (χ1) is 17.9. The molecule has 0 saturated carbocycles. The quantitative estimate of drug-likeness (QED) is 0.324. The minimum absolute atomic E-state index is 0.0195. The summed E-state index contributed by atoms with van der Waals surface area (Å²) in [4.78, 5) is 21.7. The molecule has 2 aromatic carbocycles. The number of nitrogens with zero attached hydrogens (tertiary/aromatic N) is 4. The maximum Gasteiger partial charge on any atom is 0.274 e. The molecule has 0 aliphatic rings. The number of aryl methyl sites for hydroxylation is 1. The molecule has 10 heteroatoms. The Morgan fingerprint density at radius 1 is 0.919 bits per heavy atom. The number of amides is 1. The maximum absolute atomic E-state index is 14.9. The first-order valence-electron chi connectivity index (χ1n) is 11.2. The largest absolute Gasteiger partial charge is 0.493 e. The smallest absolute Gasteiger partial charge is 0.274 e. The Morgan fingerprint density at radius 2 is 1.73 bits per heavy atom. The fourth-order valence-electron chi connectivity index (χ4n) is 3.76. The predicted molar refractivity (Wildman–Crippen MR) is 135 cm³/mol. The van der Waals surface area contributed by atoms with Crippen molar-refractivity contribution in [1.29, 1.82) is 0 Å². The minimum Gasteiger partial charge on any atom is -0.493 e. The van der Waals surface area contributed by atoms with Crippen LogP contribution in [0, 0.1) is 12.7 Å². The van der Waals surface area contributed by atoms with E-state index in [1.165, 1.54) is 16.6 Å². The molecular formula is C27H22FN5O4. The third-order valence-electron chi connectivity index (χ3n) is 5.52. The second-order valence-electron chi connectivity index (χ2n) is 8.02. The lowest BCUT2D eigenvalue weighted by molar-refractivity contribution is 0.102. The molecule has 3 heterocycles. The third kappa shape index (κ3) is 4.90. The maximum atomic E-state index is 14.9. The summed E-state index contributed by atoms with van der Waals surface area (Å²) in [5, 5.41) is 6.83. The minimum atomic E-state index is -0.653. The summed E-state index contributed by atoms with van der Waals surface area (Å²) >= 11 is 0. The Labute approximate surface area is 211 Å². The van der Waals surface area contributed by atoms with Gasteiger partial charge >= 0.3 is 0 Å². The lowest BCUT2D eigenvalue weighted by Crippen LogP contribution is -2.14. The van der Waals surface area contributed by atoms with Gasteiger partial charge in [-0.1, -0.05) is 6.07 Å². The summed E-state index contributed by atoms with van der Waals surface area (Å²) in [7, 11) is 3.10. The van der Waals surface area contributed by atoms with E-state index < -0.39 is 11.7 Å². The predicted octanol–water partition coefficient (Wildman–Crippen LogP) is 5.30. The highest BCUT2D eigenvalue weighted by molar-refractivity contribution is 6.03. The zero-order chi connectivity index (χ0) is 25.9. The van der Waals surface area contributed by atoms with Gasteiger partial charge in [-0.25, -0.2) is 14.4 Å². The van der Waals surface area contributed by atoms with Crippen molar-refractivity contribution in [2.24, 2.45) is 0 Å². The molecule has 0 aliphatic carbocycles. The number of halogens is 1. The van der Waals surface area contributed by atoms with E-state index >= 15 is 0 Å². The summed E-state index contributed by atoms with van der Waals surface area (Å²) in [5.74, 6) is 0.290. The van der Waals surface area contributed by atoms with Gasteiger partial charge in [0.1, 0.15) is 5.69 Å². The van der Waals surface area contributed by atoms with Crippen LogP contribution in [0.2, 0.25) is 0 Å². The Bertz CT molecular complexity index is 1620. The van der Waals surface area contributed by atoms with Crippen LogP contribution < -0.4 is 19.5 Å². The van der Waals surface area contributed by atoms with Crippen LogP contribution in [0.4, 0.5) is 10.1 Å². The van der Waals surface area contributed by atoms with Gasteiger partial charge < -0.3 is 19.5 Å². The van der Waals surface area contributed by atoms with Crippen LogP contribution in [-0.2, 0) is 0 Å². The number of hydrogen-bond donors (Lipinski definition) is 1. The first kappa shape index (κ1) is 23.7. The molecule has 1 N–H and O–H groups in total. The van der Waals surface area contributed by atoms with E-state index in [0.717, 1.165) is 5.56 Å². The van der Waals surface area contributed by atoms with Gasteiger partial charge in [-0.3, -0.25) is 4.79 Å². The van der Waals surface area contributed by atoms with Crippen LogP contribution in [0.3, 0.4) is 0 Å². The number of aromatic nitrogens is 4. The standard InChI is InChI=1S/C27H22FN5O4/c1-16-13-26(33-25(30-16)11-12-29-33)37-22-10-8-18(15-19(22)28)31-27(34)21-6-4-5-20(32-21)17-7-9-23(35-2)24(14-17)36-3/h4-15H,1-3H3,(H,31,34). The molecule has 37 heavy (non-hydrogen) atoms. The van der Waals surface area contributed by atoms with Crippen molar-refractivity contribution in [2.45, 2.75) is 6.92 Å². The fourth-order valence-corrected chi connectivity index (χ4v) is 3.76. The molecule has 0 atom stereocenters. The van der Waals surface area contributed by atoms with Gasteiger partial charge in [-0.05, 0) is 49.4 Å². The number of ether oxygens (including phenoxy) is 3. The number of carbonyl (C=O) groups is 1. The summed E-state index contributed by atoms with van der Waals surface area (Å²) in [5.41, 5.74) is 3.03. The van der Waals surface area contributed by atoms with Crippen LogP contribution in [0.15, 0.2) is 72.9 Å². The number of anilines is 1. The van der Waals surface area contributed by atoms with Crippen molar-refractivity contribution in [3.63, 3.8) is 0 Å². The lowest BCUT2D eigenvalue weighted by atomic mass is 10.1. The number of hydrogen-bond acceptors (Lipinski definition) is 7. The highest BCUT2D eigenvalue weighted by Gasteiger charge is 2.14. The Kier molecular flexibility index (Phi) is 6.38. The van der Waals surface area contributed by atoms with Crippen molar-refractivity contribution in [3.8, 4) is 34.4 Å². The SMILES string of the molecule is COc1ccc(-c2cccc(C(=O)Nc3ccc(Oc4cc(C)nc5ccnn45)c(F)c3)n2)cc1OC. The van der Waals surface area contributed by atoms with E-state index in [1.807, 2.05) is 13.0 Å².